The highest BCUT2D eigenvalue weighted by molar-refractivity contribution is 5.53. The lowest BCUT2D eigenvalue weighted by Gasteiger charge is -2.14. The van der Waals surface area contributed by atoms with Gasteiger partial charge in [-0.3, -0.25) is 0 Å². The highest BCUT2D eigenvalue weighted by atomic mass is 16.5. The van der Waals surface area contributed by atoms with Crippen LogP contribution in [0.5, 0.6) is 11.8 Å². The van der Waals surface area contributed by atoms with Crippen LogP contribution in [0.2, 0.25) is 0 Å². The number of nitrogens with two attached hydrogens (primary N) is 1. The normalized spacial score (nSPS) is 10.5. The van der Waals surface area contributed by atoms with Gasteiger partial charge in [-0.1, -0.05) is 6.07 Å². The first-order valence-electron chi connectivity index (χ1n) is 6.75. The van der Waals surface area contributed by atoms with Gasteiger partial charge in [-0.15, -0.1) is 0 Å². The summed E-state index contributed by atoms with van der Waals surface area (Å²) in [5, 5.41) is 3.21. The first kappa shape index (κ1) is 14.9. The van der Waals surface area contributed by atoms with Gasteiger partial charge < -0.3 is 20.5 Å². The Labute approximate surface area is 124 Å². The number of hydrogen-bond donors (Lipinski definition) is 2. The fourth-order valence-electron chi connectivity index (χ4n) is 1.79. The van der Waals surface area contributed by atoms with E-state index in [1.54, 1.807) is 18.3 Å². The van der Waals surface area contributed by atoms with Gasteiger partial charge in [-0.05, 0) is 32.0 Å². The number of ether oxygens (including phenoxy) is 2. The van der Waals surface area contributed by atoms with Gasteiger partial charge in [-0.25, -0.2) is 4.98 Å². The van der Waals surface area contributed by atoms with Crippen LogP contribution in [-0.4, -0.2) is 23.2 Å². The van der Waals surface area contributed by atoms with Gasteiger partial charge >= 0.3 is 0 Å². The van der Waals surface area contributed by atoms with Gasteiger partial charge in [0.1, 0.15) is 5.82 Å². The highest BCUT2D eigenvalue weighted by Crippen LogP contribution is 2.22. The fraction of sp³-hybridized carbons (Fsp3) is 0.333. The Morgan fingerprint density at radius 1 is 1.24 bits per heavy atom. The Bertz CT molecular complexity index is 602. The summed E-state index contributed by atoms with van der Waals surface area (Å²) in [6, 6.07) is 7.40. The quantitative estimate of drug-likeness (QED) is 0.849. The Hall–Kier alpha value is -2.50. The predicted octanol–water partition coefficient (Wildman–Crippen LogP) is 2.47. The van der Waals surface area contributed by atoms with Crippen LogP contribution in [0.1, 0.15) is 19.4 Å². The van der Waals surface area contributed by atoms with Crippen LogP contribution in [-0.2, 0) is 6.54 Å². The topological polar surface area (TPSA) is 82.3 Å². The van der Waals surface area contributed by atoms with Crippen LogP contribution < -0.4 is 20.5 Å². The van der Waals surface area contributed by atoms with Gasteiger partial charge in [0.05, 0.1) is 18.9 Å². The Balaban J connectivity index is 2.09. The largest absolute Gasteiger partial charge is 0.479 e. The van der Waals surface area contributed by atoms with Crippen molar-refractivity contribution in [2.24, 2.45) is 0 Å². The molecule has 0 saturated heterocycles. The molecule has 0 aliphatic heterocycles. The molecule has 0 atom stereocenters. The Morgan fingerprint density at radius 2 is 2.05 bits per heavy atom. The van der Waals surface area contributed by atoms with E-state index in [4.69, 9.17) is 15.2 Å². The number of nitrogen functional groups attached to an aromatic ring is 1. The lowest BCUT2D eigenvalue weighted by Crippen LogP contribution is -2.11. The van der Waals surface area contributed by atoms with Crippen LogP contribution in [0.4, 0.5) is 11.5 Å². The minimum Gasteiger partial charge on any atom is -0.479 e. The Kier molecular flexibility index (Phi) is 4.81. The molecule has 0 aromatic carbocycles. The minimum atomic E-state index is 0.0772. The summed E-state index contributed by atoms with van der Waals surface area (Å²) in [4.78, 5) is 8.53. The molecule has 0 aliphatic carbocycles. The summed E-state index contributed by atoms with van der Waals surface area (Å²) >= 11 is 0. The van der Waals surface area contributed by atoms with Crippen LogP contribution >= 0.6 is 0 Å². The average Bonchev–Trinajstić information content (AvgIpc) is 2.47. The summed E-state index contributed by atoms with van der Waals surface area (Å²) in [5.74, 6) is 1.72. The summed E-state index contributed by atoms with van der Waals surface area (Å²) in [7, 11) is 1.54. The van der Waals surface area contributed by atoms with Crippen LogP contribution in [0.15, 0.2) is 30.5 Å². The lowest BCUT2D eigenvalue weighted by atomic mass is 10.2. The molecular formula is C15H20N4O2. The molecule has 6 heteroatoms. The molecule has 0 unspecified atom stereocenters. The second-order valence-corrected chi connectivity index (χ2v) is 4.78. The molecule has 0 amide bonds. The van der Waals surface area contributed by atoms with Crippen LogP contribution in [0.3, 0.4) is 0 Å². The smallest absolute Gasteiger partial charge is 0.238 e. The molecule has 0 saturated carbocycles. The molecule has 112 valence electrons. The summed E-state index contributed by atoms with van der Waals surface area (Å²) in [6.07, 6.45) is 1.79. The van der Waals surface area contributed by atoms with Crippen molar-refractivity contribution in [2.75, 3.05) is 18.2 Å². The number of nitrogens with one attached hydrogen (secondary N) is 1. The van der Waals surface area contributed by atoms with E-state index in [0.717, 1.165) is 5.56 Å². The van der Waals surface area contributed by atoms with E-state index in [-0.39, 0.29) is 6.10 Å². The molecule has 6 nitrogen and oxygen atoms in total. The maximum Gasteiger partial charge on any atom is 0.238 e. The third kappa shape index (κ3) is 3.98. The molecule has 0 radical (unpaired) electrons. The summed E-state index contributed by atoms with van der Waals surface area (Å²) in [5.41, 5.74) is 7.21. The SMILES string of the molecule is COc1nc(NCc2cccnc2OC(C)C)ccc1N. The fourth-order valence-corrected chi connectivity index (χ4v) is 1.79. The molecule has 0 spiro atoms. The van der Waals surface area contributed by atoms with Gasteiger partial charge in [-0.2, -0.15) is 4.98 Å². The first-order chi connectivity index (χ1) is 10.1. The van der Waals surface area contributed by atoms with Crippen molar-refractivity contribution in [1.82, 2.24) is 9.97 Å². The van der Waals surface area contributed by atoms with E-state index < -0.39 is 0 Å². The standard InChI is InChI=1S/C15H20N4O2/c1-10(2)21-14-11(5-4-8-17-14)9-18-13-7-6-12(16)15(19-13)20-3/h4-8,10H,9,16H2,1-3H3,(H,18,19). The van der Waals surface area contributed by atoms with E-state index in [0.29, 0.717) is 29.8 Å². The monoisotopic (exact) mass is 288 g/mol. The van der Waals surface area contributed by atoms with Gasteiger partial charge in [0.25, 0.3) is 0 Å². The zero-order chi connectivity index (χ0) is 15.2. The van der Waals surface area contributed by atoms with Crippen LogP contribution in [0.25, 0.3) is 0 Å². The molecule has 2 heterocycles. The molecule has 0 aliphatic rings. The van der Waals surface area contributed by atoms with Gasteiger partial charge in [0.15, 0.2) is 0 Å². The molecule has 2 aromatic heterocycles. The first-order valence-corrected chi connectivity index (χ1v) is 6.75. The van der Waals surface area contributed by atoms with Crippen molar-refractivity contribution in [3.05, 3.63) is 36.0 Å². The maximum absolute atomic E-state index is 5.74. The van der Waals surface area contributed by atoms with E-state index in [1.165, 1.54) is 7.11 Å². The van der Waals surface area contributed by atoms with Crippen molar-refractivity contribution in [2.45, 2.75) is 26.5 Å². The average molecular weight is 288 g/mol. The number of pyridine rings is 2. The van der Waals surface area contributed by atoms with Crippen molar-refractivity contribution < 1.29 is 9.47 Å². The van der Waals surface area contributed by atoms with Gasteiger partial charge in [0.2, 0.25) is 11.8 Å². The number of methoxy groups -OCH3 is 1. The number of aromatic nitrogens is 2. The minimum absolute atomic E-state index is 0.0772. The molecule has 0 fully saturated rings. The van der Waals surface area contributed by atoms with Crippen molar-refractivity contribution >= 4 is 11.5 Å². The van der Waals surface area contributed by atoms with Crippen molar-refractivity contribution in [3.8, 4) is 11.8 Å². The molecule has 0 bridgehead atoms. The third-order valence-electron chi connectivity index (χ3n) is 2.74. The zero-order valence-corrected chi connectivity index (χ0v) is 12.5. The second-order valence-electron chi connectivity index (χ2n) is 4.78. The second kappa shape index (κ2) is 6.78. The number of hydrogen-bond acceptors (Lipinski definition) is 6. The van der Waals surface area contributed by atoms with Crippen LogP contribution in [0, 0.1) is 0 Å². The summed E-state index contributed by atoms with van der Waals surface area (Å²) < 4.78 is 10.8. The Morgan fingerprint density at radius 3 is 2.76 bits per heavy atom. The van der Waals surface area contributed by atoms with E-state index in [1.807, 2.05) is 26.0 Å². The van der Waals surface area contributed by atoms with E-state index in [2.05, 4.69) is 15.3 Å². The highest BCUT2D eigenvalue weighted by Gasteiger charge is 2.08. The number of anilines is 2. The molecule has 21 heavy (non-hydrogen) atoms. The molecule has 2 aromatic rings. The summed E-state index contributed by atoms with van der Waals surface area (Å²) in [6.45, 7) is 4.49. The van der Waals surface area contributed by atoms with E-state index in [9.17, 15) is 0 Å². The lowest BCUT2D eigenvalue weighted by molar-refractivity contribution is 0.230. The van der Waals surface area contributed by atoms with Gasteiger partial charge in [0, 0.05) is 18.3 Å². The molecule has 2 rings (SSSR count). The zero-order valence-electron chi connectivity index (χ0n) is 12.5. The third-order valence-corrected chi connectivity index (χ3v) is 2.74. The maximum atomic E-state index is 5.74. The number of rotatable bonds is 6. The van der Waals surface area contributed by atoms with E-state index >= 15 is 0 Å². The predicted molar refractivity (Wildman–Crippen MR) is 82.5 cm³/mol. The molecular weight excluding hydrogens is 268 g/mol. The number of nitrogens with zero attached hydrogens (tertiary/aromatic N) is 2. The van der Waals surface area contributed by atoms with Crippen molar-refractivity contribution in [3.63, 3.8) is 0 Å². The van der Waals surface area contributed by atoms with Crippen molar-refractivity contribution in [1.29, 1.82) is 0 Å². The molecule has 3 N–H and O–H groups in total.